The molecule has 1 aliphatic rings. The van der Waals surface area contributed by atoms with Crippen molar-refractivity contribution in [3.8, 4) is 0 Å². The highest BCUT2D eigenvalue weighted by molar-refractivity contribution is 6.31. The van der Waals surface area contributed by atoms with Crippen molar-refractivity contribution in [2.75, 3.05) is 0 Å². The van der Waals surface area contributed by atoms with E-state index < -0.39 is 0 Å². The molecule has 2 amide bonds. The summed E-state index contributed by atoms with van der Waals surface area (Å²) in [4.78, 5) is 28.2. The molecule has 3 rings (SSSR count). The van der Waals surface area contributed by atoms with Crippen LogP contribution in [0.1, 0.15) is 39.3 Å². The third-order valence-corrected chi connectivity index (χ3v) is 3.93. The summed E-state index contributed by atoms with van der Waals surface area (Å²) in [5.74, 6) is -0.513. The van der Waals surface area contributed by atoms with Crippen LogP contribution in [-0.2, 0) is 6.54 Å². The van der Waals surface area contributed by atoms with Gasteiger partial charge in [-0.3, -0.25) is 14.6 Å². The predicted molar refractivity (Wildman–Crippen MR) is 87.3 cm³/mol. The average molecular weight is 330 g/mol. The van der Waals surface area contributed by atoms with Gasteiger partial charge in [-0.05, 0) is 36.6 Å². The molecule has 1 saturated carbocycles. The molecule has 6 heteroatoms. The number of benzene rings is 1. The van der Waals surface area contributed by atoms with Gasteiger partial charge in [0, 0.05) is 29.4 Å². The number of amides is 2. The van der Waals surface area contributed by atoms with Gasteiger partial charge in [0.05, 0.1) is 0 Å². The standard InChI is InChI=1S/C17H16ClN3O2/c18-14-4-2-1-3-12(14)10-20-17(23)15-9-11(7-8-19-15)16(22)21-13-5-6-13/h1-4,7-9,13H,5-6,10H2,(H,20,23)(H,21,22). The largest absolute Gasteiger partial charge is 0.349 e. The maximum Gasteiger partial charge on any atom is 0.270 e. The first-order valence-corrected chi connectivity index (χ1v) is 7.80. The van der Waals surface area contributed by atoms with Crippen LogP contribution in [0.3, 0.4) is 0 Å². The van der Waals surface area contributed by atoms with E-state index in [-0.39, 0.29) is 23.6 Å². The van der Waals surface area contributed by atoms with Crippen LogP contribution >= 0.6 is 11.6 Å². The minimum atomic E-state index is -0.342. The molecule has 1 aliphatic carbocycles. The Kier molecular flexibility index (Phi) is 4.57. The molecule has 0 radical (unpaired) electrons. The van der Waals surface area contributed by atoms with E-state index in [1.54, 1.807) is 12.1 Å². The fraction of sp³-hybridized carbons (Fsp3) is 0.235. The van der Waals surface area contributed by atoms with Crippen molar-refractivity contribution in [3.63, 3.8) is 0 Å². The molecule has 2 N–H and O–H groups in total. The van der Waals surface area contributed by atoms with Crippen molar-refractivity contribution in [2.24, 2.45) is 0 Å². The molecule has 0 bridgehead atoms. The summed E-state index contributed by atoms with van der Waals surface area (Å²) in [7, 11) is 0. The molecule has 5 nitrogen and oxygen atoms in total. The molecule has 23 heavy (non-hydrogen) atoms. The van der Waals surface area contributed by atoms with Crippen LogP contribution in [0.2, 0.25) is 5.02 Å². The molecule has 0 unspecified atom stereocenters. The number of pyridine rings is 1. The summed E-state index contributed by atoms with van der Waals surface area (Å²) in [5.41, 5.74) is 1.47. The van der Waals surface area contributed by atoms with Crippen LogP contribution < -0.4 is 10.6 Å². The number of carbonyl (C=O) groups is 2. The molecule has 0 atom stereocenters. The van der Waals surface area contributed by atoms with E-state index in [4.69, 9.17) is 11.6 Å². The third-order valence-electron chi connectivity index (χ3n) is 3.56. The molecule has 1 fully saturated rings. The van der Waals surface area contributed by atoms with E-state index >= 15 is 0 Å². The van der Waals surface area contributed by atoms with Gasteiger partial charge in [0.1, 0.15) is 5.69 Å². The van der Waals surface area contributed by atoms with Crippen LogP contribution in [0.4, 0.5) is 0 Å². The van der Waals surface area contributed by atoms with Crippen LogP contribution in [0.5, 0.6) is 0 Å². The number of carbonyl (C=O) groups excluding carboxylic acids is 2. The zero-order valence-corrected chi connectivity index (χ0v) is 13.1. The summed E-state index contributed by atoms with van der Waals surface area (Å²) in [6.07, 6.45) is 3.50. The minimum Gasteiger partial charge on any atom is -0.349 e. The fourth-order valence-electron chi connectivity index (χ4n) is 2.10. The Morgan fingerprint density at radius 2 is 1.96 bits per heavy atom. The first-order valence-electron chi connectivity index (χ1n) is 7.42. The monoisotopic (exact) mass is 329 g/mol. The molecule has 0 aliphatic heterocycles. The highest BCUT2D eigenvalue weighted by atomic mass is 35.5. The second-order valence-electron chi connectivity index (χ2n) is 5.45. The number of nitrogens with one attached hydrogen (secondary N) is 2. The molecular weight excluding hydrogens is 314 g/mol. The van der Waals surface area contributed by atoms with Crippen LogP contribution in [0.15, 0.2) is 42.6 Å². The first-order chi connectivity index (χ1) is 11.1. The van der Waals surface area contributed by atoms with E-state index in [1.165, 1.54) is 12.3 Å². The topological polar surface area (TPSA) is 71.1 Å². The quantitative estimate of drug-likeness (QED) is 0.885. The van der Waals surface area contributed by atoms with E-state index in [2.05, 4.69) is 15.6 Å². The Bertz CT molecular complexity index is 744. The maximum atomic E-state index is 12.2. The highest BCUT2D eigenvalue weighted by Crippen LogP contribution is 2.19. The number of aromatic nitrogens is 1. The normalized spacial score (nSPS) is 13.4. The molecule has 1 aromatic carbocycles. The second-order valence-corrected chi connectivity index (χ2v) is 5.86. The Morgan fingerprint density at radius 3 is 2.70 bits per heavy atom. The van der Waals surface area contributed by atoms with Gasteiger partial charge in [0.25, 0.3) is 11.8 Å². The van der Waals surface area contributed by atoms with Crippen LogP contribution in [0.25, 0.3) is 0 Å². The summed E-state index contributed by atoms with van der Waals surface area (Å²) < 4.78 is 0. The van der Waals surface area contributed by atoms with Gasteiger partial charge in [-0.25, -0.2) is 0 Å². The summed E-state index contributed by atoms with van der Waals surface area (Å²) in [5, 5.41) is 6.24. The minimum absolute atomic E-state index is 0.171. The Labute approximate surface area is 139 Å². The molecule has 1 aromatic heterocycles. The molecule has 2 aromatic rings. The molecule has 0 spiro atoms. The van der Waals surface area contributed by atoms with Crippen molar-refractivity contribution in [2.45, 2.75) is 25.4 Å². The zero-order valence-electron chi connectivity index (χ0n) is 12.4. The van der Waals surface area contributed by atoms with Gasteiger partial charge < -0.3 is 10.6 Å². The number of hydrogen-bond acceptors (Lipinski definition) is 3. The zero-order chi connectivity index (χ0) is 16.2. The predicted octanol–water partition coefficient (Wildman–Crippen LogP) is 2.56. The highest BCUT2D eigenvalue weighted by Gasteiger charge is 2.24. The Morgan fingerprint density at radius 1 is 1.17 bits per heavy atom. The van der Waals surface area contributed by atoms with Gasteiger partial charge in [-0.1, -0.05) is 29.8 Å². The first kappa shape index (κ1) is 15.5. The molecule has 0 saturated heterocycles. The van der Waals surface area contributed by atoms with Crippen molar-refractivity contribution in [3.05, 3.63) is 64.4 Å². The van der Waals surface area contributed by atoms with Gasteiger partial charge in [0.2, 0.25) is 0 Å². The molecule has 118 valence electrons. The van der Waals surface area contributed by atoms with Crippen LogP contribution in [-0.4, -0.2) is 22.8 Å². The maximum absolute atomic E-state index is 12.2. The van der Waals surface area contributed by atoms with Crippen molar-refractivity contribution < 1.29 is 9.59 Å². The number of nitrogens with zero attached hydrogens (tertiary/aromatic N) is 1. The van der Waals surface area contributed by atoms with Gasteiger partial charge in [-0.15, -0.1) is 0 Å². The van der Waals surface area contributed by atoms with Crippen molar-refractivity contribution in [1.82, 2.24) is 15.6 Å². The Balaban J connectivity index is 1.65. The smallest absolute Gasteiger partial charge is 0.270 e. The third kappa shape index (κ3) is 4.07. The van der Waals surface area contributed by atoms with Gasteiger partial charge in [0.15, 0.2) is 0 Å². The van der Waals surface area contributed by atoms with Crippen molar-refractivity contribution >= 4 is 23.4 Å². The summed E-state index contributed by atoms with van der Waals surface area (Å²) in [6.45, 7) is 0.304. The summed E-state index contributed by atoms with van der Waals surface area (Å²) >= 11 is 6.05. The molecular formula is C17H16ClN3O2. The SMILES string of the molecule is O=C(NC1CC1)c1ccnc(C(=O)NCc2ccccc2Cl)c1. The lowest BCUT2D eigenvalue weighted by Gasteiger charge is -2.08. The lowest BCUT2D eigenvalue weighted by molar-refractivity contribution is 0.0946. The van der Waals surface area contributed by atoms with Gasteiger partial charge >= 0.3 is 0 Å². The van der Waals surface area contributed by atoms with E-state index in [9.17, 15) is 9.59 Å². The lowest BCUT2D eigenvalue weighted by Crippen LogP contribution is -2.27. The number of halogens is 1. The summed E-state index contributed by atoms with van der Waals surface area (Å²) in [6, 6.07) is 10.7. The van der Waals surface area contributed by atoms with E-state index in [1.807, 2.05) is 18.2 Å². The second kappa shape index (κ2) is 6.79. The number of rotatable bonds is 5. The average Bonchev–Trinajstić information content (AvgIpc) is 3.38. The van der Waals surface area contributed by atoms with Gasteiger partial charge in [-0.2, -0.15) is 0 Å². The molecule has 1 heterocycles. The Hall–Kier alpha value is -2.40. The van der Waals surface area contributed by atoms with E-state index in [0.717, 1.165) is 18.4 Å². The fourth-order valence-corrected chi connectivity index (χ4v) is 2.30. The number of hydrogen-bond donors (Lipinski definition) is 2. The van der Waals surface area contributed by atoms with E-state index in [0.29, 0.717) is 17.1 Å². The lowest BCUT2D eigenvalue weighted by atomic mass is 10.2. The van der Waals surface area contributed by atoms with Crippen molar-refractivity contribution in [1.29, 1.82) is 0 Å². The van der Waals surface area contributed by atoms with Crippen LogP contribution in [0, 0.1) is 0 Å².